The second kappa shape index (κ2) is 3.53. The van der Waals surface area contributed by atoms with Crippen molar-refractivity contribution in [1.29, 1.82) is 0 Å². The average molecular weight is 125 g/mol. The molecule has 0 aromatic carbocycles. The first kappa shape index (κ1) is 8.52. The molecule has 0 saturated heterocycles. The van der Waals surface area contributed by atoms with Crippen LogP contribution in [0.15, 0.2) is 0 Å². The summed E-state index contributed by atoms with van der Waals surface area (Å²) in [6.07, 6.45) is 1.90. The van der Waals surface area contributed by atoms with Crippen molar-refractivity contribution in [3.63, 3.8) is 0 Å². The Balaban J connectivity index is 3.36. The molecular weight excluding hydrogens is 110 g/mol. The van der Waals surface area contributed by atoms with Crippen molar-refractivity contribution < 1.29 is 0 Å². The van der Waals surface area contributed by atoms with E-state index in [1.807, 2.05) is 20.8 Å². The molecule has 9 heavy (non-hydrogen) atoms. The predicted octanol–water partition coefficient (Wildman–Crippen LogP) is 1.53. The summed E-state index contributed by atoms with van der Waals surface area (Å²) in [5, 5.41) is 0. The van der Waals surface area contributed by atoms with Crippen molar-refractivity contribution in [2.45, 2.75) is 39.2 Å². The molecule has 0 aromatic rings. The van der Waals surface area contributed by atoms with Crippen LogP contribution in [0.1, 0.15) is 33.6 Å². The molecule has 0 aliphatic rings. The van der Waals surface area contributed by atoms with Gasteiger partial charge in [-0.3, -0.25) is 0 Å². The third-order valence-corrected chi connectivity index (χ3v) is 1.07. The standard InChI is InChI=1S/C8H15N/c1-4-5-6-7-8(2,3)9/h6-7,9H2,1-3H3. The van der Waals surface area contributed by atoms with Gasteiger partial charge in [-0.15, -0.1) is 11.8 Å². The van der Waals surface area contributed by atoms with E-state index in [0.717, 1.165) is 12.8 Å². The maximum absolute atomic E-state index is 5.71. The fourth-order valence-electron chi connectivity index (χ4n) is 0.510. The zero-order valence-corrected chi connectivity index (χ0v) is 6.49. The second-order valence-corrected chi connectivity index (χ2v) is 2.92. The average Bonchev–Trinajstić information content (AvgIpc) is 1.63. The third kappa shape index (κ3) is 7.52. The lowest BCUT2D eigenvalue weighted by Crippen LogP contribution is -2.31. The molecule has 0 rings (SSSR count). The van der Waals surface area contributed by atoms with Gasteiger partial charge in [0.2, 0.25) is 0 Å². The van der Waals surface area contributed by atoms with E-state index < -0.39 is 0 Å². The molecule has 2 N–H and O–H groups in total. The molecule has 1 heteroatoms. The Morgan fingerprint density at radius 2 is 2.00 bits per heavy atom. The van der Waals surface area contributed by atoms with Gasteiger partial charge < -0.3 is 5.73 Å². The summed E-state index contributed by atoms with van der Waals surface area (Å²) in [6.45, 7) is 5.89. The predicted molar refractivity (Wildman–Crippen MR) is 41.0 cm³/mol. The van der Waals surface area contributed by atoms with E-state index in [0.29, 0.717) is 0 Å². The number of hydrogen-bond donors (Lipinski definition) is 1. The van der Waals surface area contributed by atoms with E-state index in [2.05, 4.69) is 11.8 Å². The van der Waals surface area contributed by atoms with Gasteiger partial charge in [-0.2, -0.15) is 0 Å². The highest BCUT2D eigenvalue weighted by atomic mass is 14.7. The van der Waals surface area contributed by atoms with Crippen LogP contribution < -0.4 is 5.73 Å². The minimum atomic E-state index is -0.0517. The van der Waals surface area contributed by atoms with Gasteiger partial charge in [0.25, 0.3) is 0 Å². The minimum Gasteiger partial charge on any atom is -0.326 e. The molecule has 0 bridgehead atoms. The maximum atomic E-state index is 5.71. The number of hydrogen-bond acceptors (Lipinski definition) is 1. The Hall–Kier alpha value is -0.480. The van der Waals surface area contributed by atoms with Gasteiger partial charge in [-0.05, 0) is 27.2 Å². The van der Waals surface area contributed by atoms with Crippen LogP contribution in [0.3, 0.4) is 0 Å². The fourth-order valence-corrected chi connectivity index (χ4v) is 0.510. The van der Waals surface area contributed by atoms with Gasteiger partial charge in [-0.1, -0.05) is 0 Å². The van der Waals surface area contributed by atoms with Gasteiger partial charge in [0.1, 0.15) is 0 Å². The lowest BCUT2D eigenvalue weighted by Gasteiger charge is -2.15. The zero-order chi connectivity index (χ0) is 7.33. The van der Waals surface area contributed by atoms with Gasteiger partial charge >= 0.3 is 0 Å². The first-order valence-corrected chi connectivity index (χ1v) is 3.25. The van der Waals surface area contributed by atoms with Crippen LogP contribution in [-0.4, -0.2) is 5.54 Å². The molecule has 0 radical (unpaired) electrons. The molecule has 0 saturated carbocycles. The van der Waals surface area contributed by atoms with Crippen LogP contribution in [0.4, 0.5) is 0 Å². The fraction of sp³-hybridized carbons (Fsp3) is 0.750. The topological polar surface area (TPSA) is 26.0 Å². The SMILES string of the molecule is CC#CCCC(C)(C)N. The Kier molecular flexibility index (Phi) is 3.34. The van der Waals surface area contributed by atoms with E-state index in [1.54, 1.807) is 0 Å². The minimum absolute atomic E-state index is 0.0517. The summed E-state index contributed by atoms with van der Waals surface area (Å²) in [4.78, 5) is 0. The van der Waals surface area contributed by atoms with Crippen LogP contribution in [0.5, 0.6) is 0 Å². The summed E-state index contributed by atoms with van der Waals surface area (Å²) in [6, 6.07) is 0. The quantitative estimate of drug-likeness (QED) is 0.556. The summed E-state index contributed by atoms with van der Waals surface area (Å²) in [5.41, 5.74) is 5.66. The molecular formula is C8H15N. The van der Waals surface area contributed by atoms with Crippen LogP contribution in [0.2, 0.25) is 0 Å². The molecule has 0 unspecified atom stereocenters. The molecule has 0 heterocycles. The third-order valence-electron chi connectivity index (χ3n) is 1.07. The molecule has 0 aliphatic carbocycles. The molecule has 1 nitrogen and oxygen atoms in total. The van der Waals surface area contributed by atoms with Crippen LogP contribution in [-0.2, 0) is 0 Å². The van der Waals surface area contributed by atoms with Crippen LogP contribution >= 0.6 is 0 Å². The monoisotopic (exact) mass is 125 g/mol. The smallest absolute Gasteiger partial charge is 0.0106 e. The van der Waals surface area contributed by atoms with Crippen molar-refractivity contribution in [3.05, 3.63) is 0 Å². The molecule has 0 fully saturated rings. The first-order valence-electron chi connectivity index (χ1n) is 3.25. The first-order chi connectivity index (χ1) is 4.06. The summed E-state index contributed by atoms with van der Waals surface area (Å²) < 4.78 is 0. The van der Waals surface area contributed by atoms with E-state index in [1.165, 1.54) is 0 Å². The van der Waals surface area contributed by atoms with E-state index in [9.17, 15) is 0 Å². The summed E-state index contributed by atoms with van der Waals surface area (Å²) >= 11 is 0. The Morgan fingerprint density at radius 1 is 1.44 bits per heavy atom. The van der Waals surface area contributed by atoms with Crippen LogP contribution in [0.25, 0.3) is 0 Å². The molecule has 0 spiro atoms. The summed E-state index contributed by atoms with van der Waals surface area (Å²) in [7, 11) is 0. The lowest BCUT2D eigenvalue weighted by molar-refractivity contribution is 0.484. The second-order valence-electron chi connectivity index (χ2n) is 2.92. The molecule has 0 atom stereocenters. The zero-order valence-electron chi connectivity index (χ0n) is 6.49. The van der Waals surface area contributed by atoms with Gasteiger partial charge in [0.05, 0.1) is 0 Å². The van der Waals surface area contributed by atoms with Crippen molar-refractivity contribution in [2.75, 3.05) is 0 Å². The lowest BCUT2D eigenvalue weighted by atomic mass is 10.0. The maximum Gasteiger partial charge on any atom is 0.0106 e. The summed E-state index contributed by atoms with van der Waals surface area (Å²) in [5.74, 6) is 5.81. The Bertz CT molecular complexity index is 120. The molecule has 0 aliphatic heterocycles. The van der Waals surface area contributed by atoms with Crippen molar-refractivity contribution in [2.24, 2.45) is 5.73 Å². The number of rotatable bonds is 2. The van der Waals surface area contributed by atoms with Crippen molar-refractivity contribution >= 4 is 0 Å². The number of nitrogens with two attached hydrogens (primary N) is 1. The van der Waals surface area contributed by atoms with Gasteiger partial charge in [0, 0.05) is 12.0 Å². The Labute approximate surface area is 57.6 Å². The van der Waals surface area contributed by atoms with Gasteiger partial charge in [-0.25, -0.2) is 0 Å². The van der Waals surface area contributed by atoms with E-state index in [-0.39, 0.29) is 5.54 Å². The van der Waals surface area contributed by atoms with Crippen LogP contribution in [0, 0.1) is 11.8 Å². The molecule has 0 amide bonds. The Morgan fingerprint density at radius 3 is 2.33 bits per heavy atom. The van der Waals surface area contributed by atoms with Gasteiger partial charge in [0.15, 0.2) is 0 Å². The molecule has 0 aromatic heterocycles. The largest absolute Gasteiger partial charge is 0.326 e. The highest BCUT2D eigenvalue weighted by Crippen LogP contribution is 2.04. The van der Waals surface area contributed by atoms with Crippen molar-refractivity contribution in [1.82, 2.24) is 0 Å². The van der Waals surface area contributed by atoms with E-state index >= 15 is 0 Å². The van der Waals surface area contributed by atoms with Crippen molar-refractivity contribution in [3.8, 4) is 11.8 Å². The highest BCUT2D eigenvalue weighted by Gasteiger charge is 2.07. The van der Waals surface area contributed by atoms with E-state index in [4.69, 9.17) is 5.73 Å². The highest BCUT2D eigenvalue weighted by molar-refractivity contribution is 4.96. The molecule has 52 valence electrons. The normalized spacial score (nSPS) is 10.2.